The quantitative estimate of drug-likeness (QED) is 0.664. The Morgan fingerprint density at radius 1 is 1.10 bits per heavy atom. The summed E-state index contributed by atoms with van der Waals surface area (Å²) >= 11 is 0. The standard InChI is InChI=1S/C20H25N3O6S2/c1-14-12-18(9-10-19(14)29-2)31(27,28)23-11-3-4-15(13-23)20(24)22-16-5-7-17(8-6-16)30(21,25)26/h5-10,12,15H,3-4,11,13H2,1-2H3,(H,22,24)(H2,21,25,26)/t15-/m0/s1. The monoisotopic (exact) mass is 467 g/mol. The summed E-state index contributed by atoms with van der Waals surface area (Å²) in [6, 6.07) is 10.2. The SMILES string of the molecule is COc1ccc(S(=O)(=O)N2CCC[C@H](C(=O)Nc3ccc(S(N)(=O)=O)cc3)C2)cc1C. The molecule has 1 saturated heterocycles. The van der Waals surface area contributed by atoms with Gasteiger partial charge in [-0.1, -0.05) is 0 Å². The van der Waals surface area contributed by atoms with E-state index in [4.69, 9.17) is 9.88 Å². The molecule has 31 heavy (non-hydrogen) atoms. The topological polar surface area (TPSA) is 136 Å². The van der Waals surface area contributed by atoms with Crippen LogP contribution in [0.15, 0.2) is 52.3 Å². The van der Waals surface area contributed by atoms with E-state index in [0.717, 1.165) is 0 Å². The smallest absolute Gasteiger partial charge is 0.243 e. The lowest BCUT2D eigenvalue weighted by atomic mass is 9.99. The number of aryl methyl sites for hydroxylation is 1. The number of hydrogen-bond donors (Lipinski definition) is 2. The van der Waals surface area contributed by atoms with Gasteiger partial charge in [-0.25, -0.2) is 22.0 Å². The Morgan fingerprint density at radius 3 is 2.32 bits per heavy atom. The fourth-order valence-corrected chi connectivity index (χ4v) is 5.63. The third-order valence-corrected chi connectivity index (χ3v) is 8.00. The van der Waals surface area contributed by atoms with Crippen LogP contribution < -0.4 is 15.2 Å². The summed E-state index contributed by atoms with van der Waals surface area (Å²) < 4.78 is 55.4. The predicted molar refractivity (Wildman–Crippen MR) is 116 cm³/mol. The van der Waals surface area contributed by atoms with Gasteiger partial charge in [-0.15, -0.1) is 0 Å². The molecule has 168 valence electrons. The Hall–Kier alpha value is -2.47. The highest BCUT2D eigenvalue weighted by Gasteiger charge is 2.33. The summed E-state index contributed by atoms with van der Waals surface area (Å²) in [5.41, 5.74) is 1.11. The minimum absolute atomic E-state index is 0.0600. The number of benzene rings is 2. The number of nitrogens with one attached hydrogen (secondary N) is 1. The molecule has 9 nitrogen and oxygen atoms in total. The van der Waals surface area contributed by atoms with Crippen molar-refractivity contribution in [2.24, 2.45) is 11.1 Å². The molecule has 0 saturated carbocycles. The third-order valence-electron chi connectivity index (χ3n) is 5.21. The number of piperidine rings is 1. The van der Waals surface area contributed by atoms with Crippen molar-refractivity contribution in [3.8, 4) is 5.75 Å². The van der Waals surface area contributed by atoms with Gasteiger partial charge in [0.2, 0.25) is 26.0 Å². The van der Waals surface area contributed by atoms with Crippen LogP contribution >= 0.6 is 0 Å². The molecule has 1 heterocycles. The number of nitrogens with two attached hydrogens (primary N) is 1. The normalized spacial score (nSPS) is 17.8. The van der Waals surface area contributed by atoms with Crippen molar-refractivity contribution >= 4 is 31.6 Å². The Kier molecular flexibility index (Phi) is 6.70. The number of ether oxygens (including phenoxy) is 1. The summed E-state index contributed by atoms with van der Waals surface area (Å²) in [7, 11) is -6.05. The number of anilines is 1. The van der Waals surface area contributed by atoms with Crippen molar-refractivity contribution in [2.75, 3.05) is 25.5 Å². The van der Waals surface area contributed by atoms with Crippen LogP contribution in [0.4, 0.5) is 5.69 Å². The molecule has 0 spiro atoms. The molecule has 2 aromatic carbocycles. The van der Waals surface area contributed by atoms with Crippen LogP contribution in [0.25, 0.3) is 0 Å². The molecular formula is C20H25N3O6S2. The maximum Gasteiger partial charge on any atom is 0.243 e. The number of methoxy groups -OCH3 is 1. The van der Waals surface area contributed by atoms with Crippen LogP contribution in [-0.4, -0.2) is 47.2 Å². The summed E-state index contributed by atoms with van der Waals surface area (Å²) in [4.78, 5) is 12.8. The van der Waals surface area contributed by atoms with Gasteiger partial charge in [0.25, 0.3) is 0 Å². The minimum atomic E-state index is -3.82. The zero-order chi connectivity index (χ0) is 22.8. The van der Waals surface area contributed by atoms with Crippen molar-refractivity contribution in [3.05, 3.63) is 48.0 Å². The minimum Gasteiger partial charge on any atom is -0.496 e. The Balaban J connectivity index is 1.72. The third kappa shape index (κ3) is 5.24. The van der Waals surface area contributed by atoms with E-state index in [-0.39, 0.29) is 22.2 Å². The number of carbonyl (C=O) groups is 1. The Morgan fingerprint density at radius 2 is 1.74 bits per heavy atom. The van der Waals surface area contributed by atoms with Crippen molar-refractivity contribution in [3.63, 3.8) is 0 Å². The van der Waals surface area contributed by atoms with Crippen LogP contribution in [0.1, 0.15) is 18.4 Å². The molecule has 1 atom stereocenters. The maximum absolute atomic E-state index is 13.1. The molecule has 11 heteroatoms. The number of sulfonamides is 2. The molecule has 0 aromatic heterocycles. The van der Waals surface area contributed by atoms with Crippen molar-refractivity contribution in [1.29, 1.82) is 0 Å². The number of primary sulfonamides is 1. The first kappa shape index (κ1) is 23.2. The molecule has 1 fully saturated rings. The van der Waals surface area contributed by atoms with Gasteiger partial charge < -0.3 is 10.1 Å². The van der Waals surface area contributed by atoms with E-state index >= 15 is 0 Å². The Bertz CT molecular complexity index is 1180. The number of hydrogen-bond acceptors (Lipinski definition) is 6. The number of nitrogens with zero attached hydrogens (tertiary/aromatic N) is 1. The van der Waals surface area contributed by atoms with E-state index in [1.165, 1.54) is 41.7 Å². The molecular weight excluding hydrogens is 442 g/mol. The van der Waals surface area contributed by atoms with Gasteiger partial charge in [0, 0.05) is 18.8 Å². The number of rotatable bonds is 6. The van der Waals surface area contributed by atoms with Gasteiger partial charge in [-0.05, 0) is 67.8 Å². The molecule has 3 N–H and O–H groups in total. The largest absolute Gasteiger partial charge is 0.496 e. The van der Waals surface area contributed by atoms with Crippen LogP contribution in [0.2, 0.25) is 0 Å². The summed E-state index contributed by atoms with van der Waals surface area (Å²) in [6.45, 7) is 2.17. The molecule has 2 aromatic rings. The van der Waals surface area contributed by atoms with Crippen molar-refractivity contribution in [2.45, 2.75) is 29.6 Å². The van der Waals surface area contributed by atoms with E-state index in [0.29, 0.717) is 36.4 Å². The van der Waals surface area contributed by atoms with Crippen molar-refractivity contribution in [1.82, 2.24) is 4.31 Å². The second-order valence-electron chi connectivity index (χ2n) is 7.39. The summed E-state index contributed by atoms with van der Waals surface area (Å²) in [5, 5.41) is 7.78. The van der Waals surface area contributed by atoms with E-state index in [1.54, 1.807) is 19.1 Å². The van der Waals surface area contributed by atoms with E-state index in [2.05, 4.69) is 5.32 Å². The summed E-state index contributed by atoms with van der Waals surface area (Å²) in [5.74, 6) is -0.252. The van der Waals surface area contributed by atoms with Gasteiger partial charge in [0.05, 0.1) is 22.8 Å². The average Bonchev–Trinajstić information content (AvgIpc) is 2.73. The van der Waals surface area contributed by atoms with Gasteiger partial charge in [-0.2, -0.15) is 4.31 Å². The lowest BCUT2D eigenvalue weighted by Crippen LogP contribution is -2.43. The predicted octanol–water partition coefficient (Wildman–Crippen LogP) is 1.69. The van der Waals surface area contributed by atoms with Crippen LogP contribution in [0, 0.1) is 12.8 Å². The van der Waals surface area contributed by atoms with Crippen molar-refractivity contribution < 1.29 is 26.4 Å². The lowest BCUT2D eigenvalue weighted by Gasteiger charge is -2.31. The second-order valence-corrected chi connectivity index (χ2v) is 10.9. The summed E-state index contributed by atoms with van der Waals surface area (Å²) in [6.07, 6.45) is 1.10. The van der Waals surface area contributed by atoms with Gasteiger partial charge in [0.1, 0.15) is 5.75 Å². The number of amides is 1. The number of carbonyl (C=O) groups excluding carboxylic acids is 1. The molecule has 1 aliphatic heterocycles. The highest BCUT2D eigenvalue weighted by atomic mass is 32.2. The zero-order valence-electron chi connectivity index (χ0n) is 17.2. The molecule has 1 amide bonds. The Labute approximate surface area is 182 Å². The van der Waals surface area contributed by atoms with Crippen LogP contribution in [-0.2, 0) is 24.8 Å². The highest BCUT2D eigenvalue weighted by molar-refractivity contribution is 7.89. The molecule has 1 aliphatic rings. The first-order valence-corrected chi connectivity index (χ1v) is 12.6. The first-order chi connectivity index (χ1) is 14.5. The highest BCUT2D eigenvalue weighted by Crippen LogP contribution is 2.28. The van der Waals surface area contributed by atoms with E-state index in [1.807, 2.05) is 0 Å². The first-order valence-electron chi connectivity index (χ1n) is 9.61. The zero-order valence-corrected chi connectivity index (χ0v) is 18.9. The van der Waals surface area contributed by atoms with Gasteiger partial charge >= 0.3 is 0 Å². The second kappa shape index (κ2) is 8.95. The van der Waals surface area contributed by atoms with E-state index < -0.39 is 26.0 Å². The fourth-order valence-electron chi connectivity index (χ4n) is 3.51. The van der Waals surface area contributed by atoms with Gasteiger partial charge in [-0.3, -0.25) is 4.79 Å². The van der Waals surface area contributed by atoms with Crippen LogP contribution in [0.5, 0.6) is 5.75 Å². The molecule has 0 aliphatic carbocycles. The molecule has 0 unspecified atom stereocenters. The maximum atomic E-state index is 13.1. The van der Waals surface area contributed by atoms with Crippen LogP contribution in [0.3, 0.4) is 0 Å². The lowest BCUT2D eigenvalue weighted by molar-refractivity contribution is -0.120. The average molecular weight is 468 g/mol. The molecule has 0 bridgehead atoms. The molecule has 0 radical (unpaired) electrons. The fraction of sp³-hybridized carbons (Fsp3) is 0.350. The molecule has 3 rings (SSSR count). The van der Waals surface area contributed by atoms with E-state index in [9.17, 15) is 21.6 Å². The van der Waals surface area contributed by atoms with Gasteiger partial charge in [0.15, 0.2) is 0 Å².